The smallest absolute Gasteiger partial charge is 0.327 e. The van der Waals surface area contributed by atoms with Crippen LogP contribution in [0.3, 0.4) is 0 Å². The second kappa shape index (κ2) is 5.73. The van der Waals surface area contributed by atoms with Gasteiger partial charge in [0.15, 0.2) is 0 Å². The molecule has 2 saturated heterocycles. The van der Waals surface area contributed by atoms with Crippen LogP contribution in [0.2, 0.25) is 0 Å². The monoisotopic (exact) mass is 300 g/mol. The Bertz CT molecular complexity index is 427. The maximum Gasteiger partial charge on any atom is 0.327 e. The highest BCUT2D eigenvalue weighted by molar-refractivity contribution is 8.01. The van der Waals surface area contributed by atoms with E-state index in [0.717, 1.165) is 19.1 Å². The summed E-state index contributed by atoms with van der Waals surface area (Å²) in [5.74, 6) is -1.07. The van der Waals surface area contributed by atoms with E-state index in [-0.39, 0.29) is 17.3 Å². The number of fused-ring (bicyclic) bond motifs is 1. The SMILES string of the molecule is CC1(C)S[C@@H]2[C@H](NCCCCC=O)C(=O)N2[C@H]1C(=O)O. The predicted molar refractivity (Wildman–Crippen MR) is 75.4 cm³/mol. The largest absolute Gasteiger partial charge is 0.480 e. The Morgan fingerprint density at radius 2 is 2.20 bits per heavy atom. The number of hydrogen-bond donors (Lipinski definition) is 2. The molecule has 0 unspecified atom stereocenters. The molecule has 0 radical (unpaired) electrons. The van der Waals surface area contributed by atoms with Crippen molar-refractivity contribution < 1.29 is 19.5 Å². The number of carbonyl (C=O) groups is 3. The molecule has 0 aromatic rings. The van der Waals surface area contributed by atoms with E-state index in [0.29, 0.717) is 13.0 Å². The van der Waals surface area contributed by atoms with Gasteiger partial charge in [0.05, 0.1) is 0 Å². The molecule has 2 heterocycles. The van der Waals surface area contributed by atoms with Crippen molar-refractivity contribution >= 4 is 29.9 Å². The maximum absolute atomic E-state index is 12.1. The van der Waals surface area contributed by atoms with Crippen molar-refractivity contribution in [3.8, 4) is 0 Å². The number of carbonyl (C=O) groups excluding carboxylic acids is 2. The highest BCUT2D eigenvalue weighted by Gasteiger charge is 2.63. The predicted octanol–water partition coefficient (Wildman–Crippen LogP) is 0.461. The Balaban J connectivity index is 1.90. The number of nitrogens with one attached hydrogen (secondary N) is 1. The summed E-state index contributed by atoms with van der Waals surface area (Å²) < 4.78 is -0.472. The highest BCUT2D eigenvalue weighted by atomic mass is 32.2. The summed E-state index contributed by atoms with van der Waals surface area (Å²) in [6.45, 7) is 4.40. The van der Waals surface area contributed by atoms with E-state index in [9.17, 15) is 19.5 Å². The van der Waals surface area contributed by atoms with Gasteiger partial charge in [0, 0.05) is 11.2 Å². The first-order valence-corrected chi connectivity index (χ1v) is 7.68. The molecule has 20 heavy (non-hydrogen) atoms. The van der Waals surface area contributed by atoms with Crippen LogP contribution in [0.15, 0.2) is 0 Å². The molecule has 0 bridgehead atoms. The normalized spacial score (nSPS) is 30.8. The highest BCUT2D eigenvalue weighted by Crippen LogP contribution is 2.50. The van der Waals surface area contributed by atoms with E-state index in [1.165, 1.54) is 16.7 Å². The van der Waals surface area contributed by atoms with E-state index >= 15 is 0 Å². The zero-order valence-corrected chi connectivity index (χ0v) is 12.5. The Labute approximate surface area is 122 Å². The number of nitrogens with zero attached hydrogens (tertiary/aromatic N) is 1. The van der Waals surface area contributed by atoms with Gasteiger partial charge in [-0.25, -0.2) is 4.79 Å². The van der Waals surface area contributed by atoms with E-state index in [1.54, 1.807) is 0 Å². The molecule has 2 aliphatic rings. The first kappa shape index (κ1) is 15.3. The minimum atomic E-state index is -0.942. The third-order valence-corrected chi connectivity index (χ3v) is 5.36. The molecule has 1 amide bonds. The van der Waals surface area contributed by atoms with Crippen molar-refractivity contribution in [2.45, 2.75) is 55.3 Å². The van der Waals surface area contributed by atoms with Gasteiger partial charge in [0.1, 0.15) is 23.7 Å². The fourth-order valence-corrected chi connectivity index (χ4v) is 4.46. The number of thioether (sulfide) groups is 1. The molecule has 3 atom stereocenters. The molecule has 2 aliphatic heterocycles. The lowest BCUT2D eigenvalue weighted by atomic mass is 9.96. The lowest BCUT2D eigenvalue weighted by molar-refractivity contribution is -0.160. The second-order valence-corrected chi connectivity index (χ2v) is 7.46. The fourth-order valence-electron chi connectivity index (χ4n) is 2.81. The van der Waals surface area contributed by atoms with Gasteiger partial charge in [0.25, 0.3) is 0 Å². The van der Waals surface area contributed by atoms with Gasteiger partial charge in [-0.05, 0) is 33.2 Å². The van der Waals surface area contributed by atoms with Gasteiger partial charge in [-0.1, -0.05) is 0 Å². The van der Waals surface area contributed by atoms with Crippen LogP contribution in [0.1, 0.15) is 33.1 Å². The van der Waals surface area contributed by atoms with Crippen LogP contribution in [0.5, 0.6) is 0 Å². The van der Waals surface area contributed by atoms with Crippen molar-refractivity contribution in [1.82, 2.24) is 10.2 Å². The van der Waals surface area contributed by atoms with Crippen LogP contribution < -0.4 is 5.32 Å². The van der Waals surface area contributed by atoms with Gasteiger partial charge < -0.3 is 20.1 Å². The minimum absolute atomic E-state index is 0.0929. The molecule has 0 aromatic heterocycles. The lowest BCUT2D eigenvalue weighted by Crippen LogP contribution is -2.70. The van der Waals surface area contributed by atoms with Crippen molar-refractivity contribution in [3.05, 3.63) is 0 Å². The van der Waals surface area contributed by atoms with Crippen LogP contribution in [0.25, 0.3) is 0 Å². The summed E-state index contributed by atoms with van der Waals surface area (Å²) in [5, 5.41) is 12.4. The first-order valence-electron chi connectivity index (χ1n) is 6.80. The number of unbranched alkanes of at least 4 members (excludes halogenated alkanes) is 2. The van der Waals surface area contributed by atoms with Gasteiger partial charge in [-0.2, -0.15) is 0 Å². The number of aldehydes is 1. The number of rotatable bonds is 7. The molecule has 6 nitrogen and oxygen atoms in total. The average molecular weight is 300 g/mol. The Kier molecular flexibility index (Phi) is 4.39. The molecule has 0 saturated carbocycles. The van der Waals surface area contributed by atoms with Crippen LogP contribution >= 0.6 is 11.8 Å². The maximum atomic E-state index is 12.1. The standard InChI is InChI=1S/C13H20N2O4S/c1-13(2)9(12(18)19)15-10(17)8(11(15)20-13)14-6-4-3-5-7-16/h7-9,11,14H,3-6H2,1-2H3,(H,18,19)/t8-,9+,11-/m1/s1. The fraction of sp³-hybridized carbons (Fsp3) is 0.769. The third kappa shape index (κ3) is 2.56. The summed E-state index contributed by atoms with van der Waals surface area (Å²) in [5.41, 5.74) is 0. The van der Waals surface area contributed by atoms with E-state index in [4.69, 9.17) is 0 Å². The number of carboxylic acid groups (broad SMARTS) is 1. The lowest BCUT2D eigenvalue weighted by Gasteiger charge is -2.43. The van der Waals surface area contributed by atoms with E-state index in [2.05, 4.69) is 5.32 Å². The van der Waals surface area contributed by atoms with Crippen LogP contribution in [0.4, 0.5) is 0 Å². The number of amides is 1. The molecule has 2 N–H and O–H groups in total. The summed E-state index contributed by atoms with van der Waals surface area (Å²) >= 11 is 1.54. The third-order valence-electron chi connectivity index (χ3n) is 3.79. The second-order valence-electron chi connectivity index (χ2n) is 5.69. The van der Waals surface area contributed by atoms with Gasteiger partial charge >= 0.3 is 5.97 Å². The molecule has 0 spiro atoms. The molecular weight excluding hydrogens is 280 g/mol. The van der Waals surface area contributed by atoms with Crippen molar-refractivity contribution in [2.24, 2.45) is 0 Å². The molecule has 0 aromatic carbocycles. The number of β-lactam (4-membered cyclic amide) rings is 1. The molecule has 0 aliphatic carbocycles. The van der Waals surface area contributed by atoms with E-state index < -0.39 is 16.8 Å². The topological polar surface area (TPSA) is 86.7 Å². The molecule has 112 valence electrons. The van der Waals surface area contributed by atoms with Crippen molar-refractivity contribution in [1.29, 1.82) is 0 Å². The molecular formula is C13H20N2O4S. The van der Waals surface area contributed by atoms with E-state index in [1.807, 2.05) is 13.8 Å². The molecule has 2 rings (SSSR count). The zero-order valence-electron chi connectivity index (χ0n) is 11.7. The summed E-state index contributed by atoms with van der Waals surface area (Å²) in [4.78, 5) is 35.1. The van der Waals surface area contributed by atoms with Gasteiger partial charge in [-0.3, -0.25) is 4.79 Å². The summed E-state index contributed by atoms with van der Waals surface area (Å²) in [6.07, 6.45) is 3.08. The molecule has 7 heteroatoms. The van der Waals surface area contributed by atoms with Crippen molar-refractivity contribution in [2.75, 3.05) is 6.54 Å². The number of aliphatic carboxylic acids is 1. The Morgan fingerprint density at radius 3 is 2.80 bits per heavy atom. The zero-order chi connectivity index (χ0) is 14.9. The van der Waals surface area contributed by atoms with Crippen LogP contribution in [-0.2, 0) is 14.4 Å². The minimum Gasteiger partial charge on any atom is -0.480 e. The van der Waals surface area contributed by atoms with Crippen LogP contribution in [0, 0.1) is 0 Å². The quantitative estimate of drug-likeness (QED) is 0.403. The number of hydrogen-bond acceptors (Lipinski definition) is 5. The summed E-state index contributed by atoms with van der Waals surface area (Å²) in [7, 11) is 0. The number of carboxylic acids is 1. The van der Waals surface area contributed by atoms with Crippen molar-refractivity contribution in [3.63, 3.8) is 0 Å². The van der Waals surface area contributed by atoms with Gasteiger partial charge in [0.2, 0.25) is 5.91 Å². The first-order chi connectivity index (χ1) is 9.40. The summed E-state index contributed by atoms with van der Waals surface area (Å²) in [6, 6.07) is -1.04. The van der Waals surface area contributed by atoms with Crippen LogP contribution in [-0.4, -0.2) is 56.9 Å². The van der Waals surface area contributed by atoms with Gasteiger partial charge in [-0.15, -0.1) is 11.8 Å². The Morgan fingerprint density at radius 1 is 1.50 bits per heavy atom. The average Bonchev–Trinajstić information content (AvgIpc) is 2.62. The molecule has 2 fully saturated rings. The Hall–Kier alpha value is -1.08.